The van der Waals surface area contributed by atoms with Crippen LogP contribution in [0.2, 0.25) is 0 Å². The van der Waals surface area contributed by atoms with Crippen LogP contribution in [0, 0.1) is 6.92 Å². The predicted octanol–water partition coefficient (Wildman–Crippen LogP) is 7.22. The van der Waals surface area contributed by atoms with E-state index in [9.17, 15) is 17.6 Å². The lowest BCUT2D eigenvalue weighted by Crippen LogP contribution is -2.33. The lowest BCUT2D eigenvalue weighted by atomic mass is 9.98. The molecule has 0 saturated heterocycles. The maximum atomic E-state index is 13.0. The smallest absolute Gasteiger partial charge is 0.428 e. The van der Waals surface area contributed by atoms with Gasteiger partial charge in [-0.15, -0.1) is 0 Å². The first-order valence-corrected chi connectivity index (χ1v) is 10.0. The number of hydrogen-bond donors (Lipinski definition) is 0. The third kappa shape index (κ3) is 4.63. The minimum Gasteiger partial charge on any atom is -0.428 e. The zero-order valence-electron chi connectivity index (χ0n) is 16.9. The van der Waals surface area contributed by atoms with Gasteiger partial charge in [0.1, 0.15) is 5.75 Å². The molecule has 1 atom stereocenters. The Bertz CT molecular complexity index is 1080. The molecular weight excluding hydrogens is 406 g/mol. The van der Waals surface area contributed by atoms with Crippen LogP contribution in [0.25, 0.3) is 11.1 Å². The molecule has 0 saturated carbocycles. The van der Waals surface area contributed by atoms with Crippen LogP contribution in [0.1, 0.15) is 35.6 Å². The largest absolute Gasteiger partial charge is 0.461 e. The summed E-state index contributed by atoms with van der Waals surface area (Å²) in [6, 6.07) is 21.9. The Labute approximate surface area is 178 Å². The second-order valence-corrected chi connectivity index (χ2v) is 7.56. The molecule has 6 heteroatoms. The molecule has 31 heavy (non-hydrogen) atoms. The van der Waals surface area contributed by atoms with Gasteiger partial charge in [0.05, 0.1) is 6.04 Å². The minimum atomic E-state index is -4.51. The van der Waals surface area contributed by atoms with Crippen LogP contribution >= 0.6 is 0 Å². The van der Waals surface area contributed by atoms with Gasteiger partial charge in [-0.25, -0.2) is 0 Å². The van der Waals surface area contributed by atoms with E-state index in [4.69, 9.17) is 4.99 Å². The number of rotatable bonds is 6. The van der Waals surface area contributed by atoms with Crippen molar-refractivity contribution in [1.29, 1.82) is 0 Å². The molecule has 0 spiro atoms. The van der Waals surface area contributed by atoms with Gasteiger partial charge in [0, 0.05) is 5.71 Å². The fourth-order valence-corrected chi connectivity index (χ4v) is 3.75. The van der Waals surface area contributed by atoms with Crippen molar-refractivity contribution >= 4 is 5.71 Å². The Morgan fingerprint density at radius 3 is 2.13 bits per heavy atom. The molecule has 0 aromatic heterocycles. The first kappa shape index (κ1) is 21.1. The Morgan fingerprint density at radius 2 is 1.52 bits per heavy atom. The summed E-state index contributed by atoms with van der Waals surface area (Å²) in [7, 11) is 0. The molecule has 0 aliphatic carbocycles. The normalized spacial score (nSPS) is 16.5. The number of alkyl halides is 4. The SMILES string of the molecule is Cc1ccccc1C1=NC(c2ccc(-c3ccc(OC(F)(F)C(F)F)cc3)cc2)CC1. The van der Waals surface area contributed by atoms with Crippen molar-refractivity contribution in [2.45, 2.75) is 38.3 Å². The third-order valence-electron chi connectivity index (χ3n) is 5.41. The number of ether oxygens (including phenoxy) is 1. The number of aliphatic imine (C=N–C) groups is 1. The van der Waals surface area contributed by atoms with Crippen molar-refractivity contribution in [3.05, 3.63) is 89.5 Å². The maximum Gasteiger partial charge on any atom is 0.461 e. The molecule has 0 amide bonds. The zero-order chi connectivity index (χ0) is 22.0. The minimum absolute atomic E-state index is 0.107. The molecule has 1 aliphatic heterocycles. The van der Waals surface area contributed by atoms with Gasteiger partial charge in [-0.05, 0) is 59.7 Å². The quantitative estimate of drug-likeness (QED) is 0.381. The van der Waals surface area contributed by atoms with Crippen molar-refractivity contribution in [3.63, 3.8) is 0 Å². The van der Waals surface area contributed by atoms with Gasteiger partial charge >= 0.3 is 12.5 Å². The van der Waals surface area contributed by atoms with Crippen LogP contribution < -0.4 is 4.74 Å². The zero-order valence-corrected chi connectivity index (χ0v) is 16.9. The highest BCUT2D eigenvalue weighted by atomic mass is 19.3. The van der Waals surface area contributed by atoms with Gasteiger partial charge in [-0.3, -0.25) is 4.99 Å². The van der Waals surface area contributed by atoms with E-state index < -0.39 is 12.5 Å². The predicted molar refractivity (Wildman–Crippen MR) is 113 cm³/mol. The van der Waals surface area contributed by atoms with Crippen molar-refractivity contribution in [3.8, 4) is 16.9 Å². The van der Waals surface area contributed by atoms with Gasteiger partial charge in [-0.1, -0.05) is 60.7 Å². The molecule has 2 nitrogen and oxygen atoms in total. The molecule has 3 aromatic carbocycles. The summed E-state index contributed by atoms with van der Waals surface area (Å²) in [6.45, 7) is 2.09. The van der Waals surface area contributed by atoms with E-state index >= 15 is 0 Å². The Hall–Kier alpha value is -3.15. The first-order chi connectivity index (χ1) is 14.8. The van der Waals surface area contributed by atoms with Crippen molar-refractivity contribution in [1.82, 2.24) is 0 Å². The van der Waals surface area contributed by atoms with E-state index in [-0.39, 0.29) is 11.8 Å². The molecule has 1 unspecified atom stereocenters. The van der Waals surface area contributed by atoms with Crippen LogP contribution in [-0.2, 0) is 0 Å². The summed E-state index contributed by atoms with van der Waals surface area (Å²) in [5, 5.41) is 0. The average molecular weight is 427 g/mol. The number of aryl methyl sites for hydroxylation is 1. The van der Waals surface area contributed by atoms with Crippen molar-refractivity contribution < 1.29 is 22.3 Å². The first-order valence-electron chi connectivity index (χ1n) is 10.0. The summed E-state index contributed by atoms with van der Waals surface area (Å²) < 4.78 is 54.7. The second-order valence-electron chi connectivity index (χ2n) is 7.56. The Kier molecular flexibility index (Phi) is 5.81. The molecule has 1 aliphatic rings. The van der Waals surface area contributed by atoms with Crippen LogP contribution in [0.5, 0.6) is 5.75 Å². The summed E-state index contributed by atoms with van der Waals surface area (Å²) in [5.41, 5.74) is 6.32. The Morgan fingerprint density at radius 1 is 0.903 bits per heavy atom. The fourth-order valence-electron chi connectivity index (χ4n) is 3.75. The fraction of sp³-hybridized carbons (Fsp3) is 0.240. The summed E-state index contributed by atoms with van der Waals surface area (Å²) in [6.07, 6.45) is -6.51. The van der Waals surface area contributed by atoms with Crippen LogP contribution in [0.15, 0.2) is 77.8 Å². The van der Waals surface area contributed by atoms with Crippen LogP contribution in [-0.4, -0.2) is 18.2 Å². The topological polar surface area (TPSA) is 21.6 Å². The highest BCUT2D eigenvalue weighted by Crippen LogP contribution is 2.34. The number of halogens is 4. The van der Waals surface area contributed by atoms with E-state index in [2.05, 4.69) is 23.8 Å². The maximum absolute atomic E-state index is 13.0. The highest BCUT2D eigenvalue weighted by Gasteiger charge is 2.43. The van der Waals surface area contributed by atoms with Crippen LogP contribution in [0.3, 0.4) is 0 Å². The van der Waals surface area contributed by atoms with E-state index in [1.807, 2.05) is 36.4 Å². The molecule has 0 fully saturated rings. The van der Waals surface area contributed by atoms with Gasteiger partial charge in [-0.2, -0.15) is 17.6 Å². The van der Waals surface area contributed by atoms with E-state index in [1.165, 1.54) is 23.3 Å². The standard InChI is InChI=1S/C25H21F4NO/c1-16-4-2-3-5-21(16)23-15-14-22(30-23)19-8-6-17(7-9-19)18-10-12-20(13-11-18)31-25(28,29)24(26)27/h2-13,22,24H,14-15H2,1H3. The Balaban J connectivity index is 1.47. The molecule has 4 rings (SSSR count). The number of benzene rings is 3. The summed E-state index contributed by atoms with van der Waals surface area (Å²) in [5.74, 6) is -0.310. The van der Waals surface area contributed by atoms with Gasteiger partial charge in [0.15, 0.2) is 0 Å². The van der Waals surface area contributed by atoms with Gasteiger partial charge in [0.25, 0.3) is 0 Å². The highest BCUT2D eigenvalue weighted by molar-refractivity contribution is 6.02. The van der Waals surface area contributed by atoms with Gasteiger partial charge in [0.2, 0.25) is 0 Å². The summed E-state index contributed by atoms with van der Waals surface area (Å²) in [4.78, 5) is 4.92. The molecule has 160 valence electrons. The summed E-state index contributed by atoms with van der Waals surface area (Å²) >= 11 is 0. The molecule has 3 aromatic rings. The lowest BCUT2D eigenvalue weighted by Gasteiger charge is -2.17. The second kappa shape index (κ2) is 8.53. The number of hydrogen-bond acceptors (Lipinski definition) is 2. The molecule has 0 radical (unpaired) electrons. The van der Waals surface area contributed by atoms with E-state index in [0.717, 1.165) is 35.2 Å². The van der Waals surface area contributed by atoms with Crippen molar-refractivity contribution in [2.75, 3.05) is 0 Å². The van der Waals surface area contributed by atoms with Gasteiger partial charge < -0.3 is 4.74 Å². The number of nitrogens with zero attached hydrogens (tertiary/aromatic N) is 1. The molecule has 0 bridgehead atoms. The van der Waals surface area contributed by atoms with Crippen molar-refractivity contribution in [2.24, 2.45) is 4.99 Å². The molecular formula is C25H21F4NO. The third-order valence-corrected chi connectivity index (χ3v) is 5.41. The molecule has 1 heterocycles. The van der Waals surface area contributed by atoms with E-state index in [0.29, 0.717) is 0 Å². The lowest BCUT2D eigenvalue weighted by molar-refractivity contribution is -0.253. The molecule has 0 N–H and O–H groups in total. The van der Waals surface area contributed by atoms with Crippen LogP contribution in [0.4, 0.5) is 17.6 Å². The van der Waals surface area contributed by atoms with E-state index in [1.54, 1.807) is 12.1 Å². The average Bonchev–Trinajstić information content (AvgIpc) is 3.24. The monoisotopic (exact) mass is 427 g/mol.